The van der Waals surface area contributed by atoms with Crippen molar-refractivity contribution in [3.05, 3.63) is 30.1 Å². The van der Waals surface area contributed by atoms with Gasteiger partial charge in [-0.25, -0.2) is 0 Å². The van der Waals surface area contributed by atoms with Crippen molar-refractivity contribution in [2.24, 2.45) is 5.41 Å². The van der Waals surface area contributed by atoms with Crippen molar-refractivity contribution in [2.75, 3.05) is 11.1 Å². The molecule has 0 amide bonds. The zero-order valence-electron chi connectivity index (χ0n) is 13.2. The Labute approximate surface area is 127 Å². The molecule has 1 heterocycles. The molecule has 0 atom stereocenters. The van der Waals surface area contributed by atoms with E-state index in [1.54, 1.807) is 0 Å². The van der Waals surface area contributed by atoms with Gasteiger partial charge >= 0.3 is 0 Å². The maximum absolute atomic E-state index is 6.08. The maximum atomic E-state index is 6.08. The lowest BCUT2D eigenvalue weighted by Gasteiger charge is -2.35. The third-order valence-electron chi connectivity index (χ3n) is 4.77. The van der Waals surface area contributed by atoms with Gasteiger partial charge in [-0.15, -0.1) is 0 Å². The first kappa shape index (κ1) is 14.2. The highest BCUT2D eigenvalue weighted by molar-refractivity contribution is 6.00. The topological polar surface area (TPSA) is 50.9 Å². The molecule has 3 N–H and O–H groups in total. The van der Waals surface area contributed by atoms with Gasteiger partial charge in [0.25, 0.3) is 0 Å². The number of pyridine rings is 1. The van der Waals surface area contributed by atoms with Crippen LogP contribution in [0.5, 0.6) is 0 Å². The predicted molar refractivity (Wildman–Crippen MR) is 90.6 cm³/mol. The van der Waals surface area contributed by atoms with Gasteiger partial charge in [0.05, 0.1) is 0 Å². The Kier molecular flexibility index (Phi) is 3.52. The summed E-state index contributed by atoms with van der Waals surface area (Å²) in [6.45, 7) is 6.77. The molecule has 1 aliphatic carbocycles. The van der Waals surface area contributed by atoms with E-state index in [1.807, 2.05) is 19.2 Å². The quantitative estimate of drug-likeness (QED) is 0.797. The van der Waals surface area contributed by atoms with Gasteiger partial charge in [0.2, 0.25) is 0 Å². The van der Waals surface area contributed by atoms with E-state index in [0.29, 0.717) is 11.5 Å². The van der Waals surface area contributed by atoms with Gasteiger partial charge in [-0.1, -0.05) is 13.8 Å². The van der Waals surface area contributed by atoms with E-state index in [0.717, 1.165) is 16.8 Å². The smallest absolute Gasteiger partial charge is 0.0424 e. The fraction of sp³-hybridized carbons (Fsp3) is 0.500. The van der Waals surface area contributed by atoms with Crippen LogP contribution in [0.2, 0.25) is 0 Å². The number of hydrogen-bond donors (Lipinski definition) is 2. The average molecular weight is 283 g/mol. The summed E-state index contributed by atoms with van der Waals surface area (Å²) in [6, 6.07) is 6.78. The second-order valence-electron chi connectivity index (χ2n) is 7.16. The summed E-state index contributed by atoms with van der Waals surface area (Å²) >= 11 is 0. The van der Waals surface area contributed by atoms with E-state index in [2.05, 4.69) is 36.3 Å². The molecule has 1 aliphatic rings. The van der Waals surface area contributed by atoms with Gasteiger partial charge in [0.1, 0.15) is 0 Å². The first-order valence-electron chi connectivity index (χ1n) is 7.86. The van der Waals surface area contributed by atoms with Crippen LogP contribution in [0.3, 0.4) is 0 Å². The van der Waals surface area contributed by atoms with Crippen molar-refractivity contribution in [1.29, 1.82) is 0 Å². The van der Waals surface area contributed by atoms with Crippen LogP contribution < -0.4 is 11.1 Å². The summed E-state index contributed by atoms with van der Waals surface area (Å²) in [4.78, 5) is 4.37. The van der Waals surface area contributed by atoms with Crippen molar-refractivity contribution < 1.29 is 0 Å². The van der Waals surface area contributed by atoms with Gasteiger partial charge in [-0.05, 0) is 56.2 Å². The third-order valence-corrected chi connectivity index (χ3v) is 4.77. The van der Waals surface area contributed by atoms with Crippen LogP contribution in [-0.2, 0) is 0 Å². The minimum absolute atomic E-state index is 0.502. The molecular weight excluding hydrogens is 258 g/mol. The first-order valence-corrected chi connectivity index (χ1v) is 7.86. The summed E-state index contributed by atoms with van der Waals surface area (Å²) in [5.41, 5.74) is 9.59. The Morgan fingerprint density at radius 3 is 2.62 bits per heavy atom. The molecule has 1 fully saturated rings. The number of nitrogens with one attached hydrogen (secondary N) is 1. The minimum Gasteiger partial charge on any atom is -0.398 e. The monoisotopic (exact) mass is 283 g/mol. The highest BCUT2D eigenvalue weighted by Gasteiger charge is 2.26. The van der Waals surface area contributed by atoms with Crippen LogP contribution in [0.25, 0.3) is 10.8 Å². The second-order valence-corrected chi connectivity index (χ2v) is 7.16. The van der Waals surface area contributed by atoms with Crippen LogP contribution in [0.4, 0.5) is 11.4 Å². The highest BCUT2D eigenvalue weighted by Crippen LogP contribution is 2.37. The molecule has 0 bridgehead atoms. The third kappa shape index (κ3) is 2.97. The Bertz CT molecular complexity index is 651. The van der Waals surface area contributed by atoms with Crippen LogP contribution >= 0.6 is 0 Å². The number of anilines is 2. The van der Waals surface area contributed by atoms with E-state index in [-0.39, 0.29) is 0 Å². The zero-order chi connectivity index (χ0) is 15.0. The predicted octanol–water partition coefficient (Wildman–Crippen LogP) is 4.51. The summed E-state index contributed by atoms with van der Waals surface area (Å²) < 4.78 is 0. The number of nitrogens with two attached hydrogens (primary N) is 1. The Morgan fingerprint density at radius 2 is 1.90 bits per heavy atom. The molecule has 0 saturated heterocycles. The number of aryl methyl sites for hydroxylation is 1. The van der Waals surface area contributed by atoms with Gasteiger partial charge in [0.15, 0.2) is 0 Å². The van der Waals surface area contributed by atoms with E-state index in [9.17, 15) is 0 Å². The lowest BCUT2D eigenvalue weighted by atomic mass is 9.75. The molecule has 1 aromatic heterocycles. The number of nitrogen functional groups attached to an aromatic ring is 1. The largest absolute Gasteiger partial charge is 0.398 e. The maximum Gasteiger partial charge on any atom is 0.0424 e. The first-order chi connectivity index (χ1) is 9.94. The lowest BCUT2D eigenvalue weighted by molar-refractivity contribution is 0.232. The van der Waals surface area contributed by atoms with Gasteiger partial charge < -0.3 is 11.1 Å². The minimum atomic E-state index is 0.502. The number of benzene rings is 1. The standard InChI is InChI=1S/C18H25N3/c1-12-10-14-15(11-20-12)16(19)4-5-17(14)21-13-6-8-18(2,3)9-7-13/h4-5,10-11,13,21H,6-9,19H2,1-3H3. The number of fused-ring (bicyclic) bond motifs is 1. The van der Waals surface area contributed by atoms with E-state index in [4.69, 9.17) is 5.73 Å². The summed E-state index contributed by atoms with van der Waals surface area (Å²) in [5.74, 6) is 0. The molecule has 0 aliphatic heterocycles. The van der Waals surface area contributed by atoms with Crippen molar-refractivity contribution in [3.8, 4) is 0 Å². The normalized spacial score (nSPS) is 18.8. The fourth-order valence-corrected chi connectivity index (χ4v) is 3.25. The number of rotatable bonds is 2. The molecule has 21 heavy (non-hydrogen) atoms. The van der Waals surface area contributed by atoms with Crippen molar-refractivity contribution in [3.63, 3.8) is 0 Å². The lowest BCUT2D eigenvalue weighted by Crippen LogP contribution is -2.29. The van der Waals surface area contributed by atoms with Crippen molar-refractivity contribution >= 4 is 22.1 Å². The number of nitrogens with zero attached hydrogens (tertiary/aromatic N) is 1. The Hall–Kier alpha value is -1.77. The highest BCUT2D eigenvalue weighted by atomic mass is 14.9. The summed E-state index contributed by atoms with van der Waals surface area (Å²) in [7, 11) is 0. The molecule has 3 heteroatoms. The Balaban J connectivity index is 1.88. The van der Waals surface area contributed by atoms with Crippen molar-refractivity contribution in [1.82, 2.24) is 4.98 Å². The number of aromatic nitrogens is 1. The van der Waals surface area contributed by atoms with Gasteiger partial charge in [-0.2, -0.15) is 0 Å². The number of hydrogen-bond acceptors (Lipinski definition) is 3. The van der Waals surface area contributed by atoms with Crippen LogP contribution in [0.15, 0.2) is 24.4 Å². The van der Waals surface area contributed by atoms with Crippen molar-refractivity contribution in [2.45, 2.75) is 52.5 Å². The van der Waals surface area contributed by atoms with E-state index < -0.39 is 0 Å². The molecule has 1 saturated carbocycles. The summed E-state index contributed by atoms with van der Waals surface area (Å²) in [5, 5.41) is 5.96. The Morgan fingerprint density at radius 1 is 1.19 bits per heavy atom. The fourth-order valence-electron chi connectivity index (χ4n) is 3.25. The van der Waals surface area contributed by atoms with Crippen LogP contribution in [0.1, 0.15) is 45.2 Å². The van der Waals surface area contributed by atoms with E-state index >= 15 is 0 Å². The molecule has 0 radical (unpaired) electrons. The van der Waals surface area contributed by atoms with Gasteiger partial charge in [-0.3, -0.25) is 4.98 Å². The molecule has 2 aromatic rings. The van der Waals surface area contributed by atoms with E-state index in [1.165, 1.54) is 36.8 Å². The SMILES string of the molecule is Cc1cc2c(NC3CCC(C)(C)CC3)ccc(N)c2cn1. The molecule has 3 rings (SSSR count). The molecule has 112 valence electrons. The molecule has 0 spiro atoms. The second kappa shape index (κ2) is 5.21. The zero-order valence-corrected chi connectivity index (χ0v) is 13.2. The average Bonchev–Trinajstić information content (AvgIpc) is 2.44. The van der Waals surface area contributed by atoms with Crippen LogP contribution in [0, 0.1) is 12.3 Å². The molecule has 0 unspecified atom stereocenters. The summed E-state index contributed by atoms with van der Waals surface area (Å²) in [6.07, 6.45) is 6.94. The molecular formula is C18H25N3. The van der Waals surface area contributed by atoms with Gasteiger partial charge in [0, 0.05) is 40.1 Å². The van der Waals surface area contributed by atoms with Crippen LogP contribution in [-0.4, -0.2) is 11.0 Å². The molecule has 3 nitrogen and oxygen atoms in total. The molecule has 1 aromatic carbocycles.